The Morgan fingerprint density at radius 3 is 2.30 bits per heavy atom. The molecule has 160 valence electrons. The van der Waals surface area contributed by atoms with Crippen molar-refractivity contribution in [3.05, 3.63) is 59.9 Å². The summed E-state index contributed by atoms with van der Waals surface area (Å²) in [6.45, 7) is 3.93. The Bertz CT molecular complexity index is 912. The van der Waals surface area contributed by atoms with Crippen molar-refractivity contribution in [1.29, 1.82) is 0 Å². The molecule has 0 aliphatic carbocycles. The van der Waals surface area contributed by atoms with Crippen LogP contribution < -0.4 is 10.2 Å². The van der Waals surface area contributed by atoms with Gasteiger partial charge in [0.05, 0.1) is 5.69 Å². The number of rotatable bonds is 7. The van der Waals surface area contributed by atoms with Gasteiger partial charge in [-0.3, -0.25) is 13.8 Å². The predicted molar refractivity (Wildman–Crippen MR) is 118 cm³/mol. The normalized spacial score (nSPS) is 15.0. The molecule has 2 aromatic rings. The van der Waals surface area contributed by atoms with Gasteiger partial charge in [-0.05, 0) is 36.2 Å². The second kappa shape index (κ2) is 10.3. The van der Waals surface area contributed by atoms with E-state index in [0.29, 0.717) is 37.6 Å². The summed E-state index contributed by atoms with van der Waals surface area (Å²) >= 11 is 0. The zero-order valence-electron chi connectivity index (χ0n) is 17.0. The van der Waals surface area contributed by atoms with Crippen molar-refractivity contribution in [3.8, 4) is 0 Å². The number of para-hydroxylation sites is 1. The highest BCUT2D eigenvalue weighted by Gasteiger charge is 2.24. The summed E-state index contributed by atoms with van der Waals surface area (Å²) < 4.78 is 26.2. The molecule has 0 spiro atoms. The number of benzene rings is 2. The monoisotopic (exact) mass is 431 g/mol. The van der Waals surface area contributed by atoms with Crippen LogP contribution in [0, 0.1) is 5.82 Å². The Kier molecular flexibility index (Phi) is 7.57. The van der Waals surface area contributed by atoms with Gasteiger partial charge in [-0.25, -0.2) is 4.39 Å². The molecule has 0 bridgehead atoms. The van der Waals surface area contributed by atoms with Gasteiger partial charge in [0.15, 0.2) is 0 Å². The van der Waals surface area contributed by atoms with Crippen molar-refractivity contribution in [2.45, 2.75) is 13.3 Å². The molecule has 1 N–H and O–H groups in total. The molecule has 2 amide bonds. The van der Waals surface area contributed by atoms with Crippen molar-refractivity contribution in [1.82, 2.24) is 4.90 Å². The molecule has 6 nitrogen and oxygen atoms in total. The van der Waals surface area contributed by atoms with Crippen LogP contribution in [0.3, 0.4) is 0 Å². The maximum atomic E-state index is 13.9. The number of hydrogen-bond acceptors (Lipinski definition) is 4. The highest BCUT2D eigenvalue weighted by molar-refractivity contribution is 7.86. The van der Waals surface area contributed by atoms with Crippen LogP contribution in [0.15, 0.2) is 48.5 Å². The first-order chi connectivity index (χ1) is 14.5. The van der Waals surface area contributed by atoms with Crippen molar-refractivity contribution in [3.63, 3.8) is 0 Å². The number of anilines is 2. The number of carbonyl (C=O) groups excluding carboxylic acids is 2. The van der Waals surface area contributed by atoms with Gasteiger partial charge in [0.2, 0.25) is 11.8 Å². The summed E-state index contributed by atoms with van der Waals surface area (Å²) in [6.07, 6.45) is 0.912. The molecule has 0 aromatic heterocycles. The number of hydrogen-bond donors (Lipinski definition) is 1. The lowest BCUT2D eigenvalue weighted by Crippen LogP contribution is -2.50. The Labute approximate surface area is 178 Å². The largest absolute Gasteiger partial charge is 0.366 e. The quantitative estimate of drug-likeness (QED) is 0.731. The Hall–Kier alpha value is -2.74. The molecule has 30 heavy (non-hydrogen) atoms. The summed E-state index contributed by atoms with van der Waals surface area (Å²) in [5, 5.41) is 2.71. The maximum absolute atomic E-state index is 13.9. The second-order valence-corrected chi connectivity index (χ2v) is 8.60. The van der Waals surface area contributed by atoms with Gasteiger partial charge < -0.3 is 15.1 Å². The molecular formula is C22H26FN3O3S. The van der Waals surface area contributed by atoms with Gasteiger partial charge in [-0.15, -0.1) is 0 Å². The molecule has 1 fully saturated rings. The van der Waals surface area contributed by atoms with E-state index in [2.05, 4.69) is 5.32 Å². The van der Waals surface area contributed by atoms with Gasteiger partial charge in [-0.2, -0.15) is 0 Å². The number of nitrogens with one attached hydrogen (secondary N) is 1. The number of carbonyl (C=O) groups is 2. The van der Waals surface area contributed by atoms with E-state index in [1.54, 1.807) is 35.2 Å². The third-order valence-electron chi connectivity index (χ3n) is 5.05. The van der Waals surface area contributed by atoms with Crippen molar-refractivity contribution in [2.24, 2.45) is 0 Å². The minimum Gasteiger partial charge on any atom is -0.366 e. The van der Waals surface area contributed by atoms with Crippen molar-refractivity contribution < 1.29 is 18.2 Å². The van der Waals surface area contributed by atoms with Crippen LogP contribution in [0.5, 0.6) is 0 Å². The van der Waals surface area contributed by atoms with E-state index < -0.39 is 10.8 Å². The first kappa shape index (κ1) is 22.0. The molecule has 8 heteroatoms. The van der Waals surface area contributed by atoms with Crippen LogP contribution >= 0.6 is 0 Å². The van der Waals surface area contributed by atoms with Crippen LogP contribution in [0.1, 0.15) is 12.5 Å². The van der Waals surface area contributed by atoms with E-state index in [1.807, 2.05) is 24.0 Å². The molecule has 2 aromatic carbocycles. The first-order valence-corrected chi connectivity index (χ1v) is 11.5. The van der Waals surface area contributed by atoms with E-state index in [1.165, 1.54) is 6.07 Å². The van der Waals surface area contributed by atoms with Gasteiger partial charge in [-0.1, -0.05) is 31.2 Å². The van der Waals surface area contributed by atoms with Crippen LogP contribution in [0.25, 0.3) is 0 Å². The molecule has 0 radical (unpaired) electrons. The molecule has 0 unspecified atom stereocenters. The summed E-state index contributed by atoms with van der Waals surface area (Å²) in [6, 6.07) is 14.0. The summed E-state index contributed by atoms with van der Waals surface area (Å²) in [7, 11) is -1.59. The molecule has 1 saturated heterocycles. The van der Waals surface area contributed by atoms with Gasteiger partial charge in [0.1, 0.15) is 17.3 Å². The second-order valence-electron chi connectivity index (χ2n) is 7.15. The van der Waals surface area contributed by atoms with E-state index >= 15 is 0 Å². The smallest absolute Gasteiger partial charge is 0.237 e. The number of piperazine rings is 1. The van der Waals surface area contributed by atoms with Gasteiger partial charge >= 0.3 is 0 Å². The van der Waals surface area contributed by atoms with Crippen LogP contribution in [-0.4, -0.2) is 58.6 Å². The molecule has 0 saturated carbocycles. The Morgan fingerprint density at radius 1 is 1.00 bits per heavy atom. The third-order valence-corrected chi connectivity index (χ3v) is 6.20. The fraction of sp³-hybridized carbons (Fsp3) is 0.364. The molecule has 1 atom stereocenters. The average Bonchev–Trinajstić information content (AvgIpc) is 2.74. The van der Waals surface area contributed by atoms with Gasteiger partial charge in [0.25, 0.3) is 0 Å². The Balaban J connectivity index is 1.43. The summed E-state index contributed by atoms with van der Waals surface area (Å²) in [4.78, 5) is 28.1. The number of aryl methyl sites for hydroxylation is 1. The molecule has 1 heterocycles. The lowest BCUT2D eigenvalue weighted by molar-refractivity contribution is -0.128. The van der Waals surface area contributed by atoms with Crippen molar-refractivity contribution >= 4 is 34.0 Å². The molecule has 1 aliphatic heterocycles. The SMILES string of the molecule is CCc1ccc(NC(=O)C[S@](=O)CC(=O)N2CCN(c3ccccc3F)CC2)cc1. The van der Waals surface area contributed by atoms with Crippen LogP contribution in [0.4, 0.5) is 15.8 Å². The van der Waals surface area contributed by atoms with E-state index in [-0.39, 0.29) is 29.1 Å². The zero-order chi connectivity index (χ0) is 21.5. The topological polar surface area (TPSA) is 69.7 Å². The van der Waals surface area contributed by atoms with Crippen LogP contribution in [0.2, 0.25) is 0 Å². The molecular weight excluding hydrogens is 405 g/mol. The average molecular weight is 432 g/mol. The number of halogens is 1. The summed E-state index contributed by atoms with van der Waals surface area (Å²) in [5.41, 5.74) is 2.33. The fourth-order valence-electron chi connectivity index (χ4n) is 3.35. The van der Waals surface area contributed by atoms with E-state index in [9.17, 15) is 18.2 Å². The lowest BCUT2D eigenvalue weighted by atomic mass is 10.1. The molecule has 3 rings (SSSR count). The lowest BCUT2D eigenvalue weighted by Gasteiger charge is -2.36. The standard InChI is InChI=1S/C22H26FN3O3S/c1-2-17-7-9-18(10-8-17)24-21(27)15-30(29)16-22(28)26-13-11-25(12-14-26)20-6-4-3-5-19(20)23/h3-10H,2,11-16H2,1H3,(H,24,27)/t30-/m0/s1. The highest BCUT2D eigenvalue weighted by atomic mass is 32.2. The van der Waals surface area contributed by atoms with Crippen molar-refractivity contribution in [2.75, 3.05) is 47.9 Å². The fourth-order valence-corrected chi connectivity index (χ4v) is 4.28. The highest BCUT2D eigenvalue weighted by Crippen LogP contribution is 2.20. The number of amides is 2. The minimum atomic E-state index is -1.59. The first-order valence-electron chi connectivity index (χ1n) is 9.97. The zero-order valence-corrected chi connectivity index (χ0v) is 17.8. The van der Waals surface area contributed by atoms with E-state index in [0.717, 1.165) is 12.0 Å². The van der Waals surface area contributed by atoms with E-state index in [4.69, 9.17) is 0 Å². The van der Waals surface area contributed by atoms with Crippen LogP contribution in [-0.2, 0) is 26.8 Å². The third kappa shape index (κ3) is 5.89. The Morgan fingerprint density at radius 2 is 1.67 bits per heavy atom. The maximum Gasteiger partial charge on any atom is 0.237 e. The molecule has 1 aliphatic rings. The minimum absolute atomic E-state index is 0.193. The van der Waals surface area contributed by atoms with Gasteiger partial charge in [0, 0.05) is 42.7 Å². The predicted octanol–water partition coefficient (Wildman–Crippen LogP) is 2.42. The number of nitrogens with zero attached hydrogens (tertiary/aromatic N) is 2. The summed E-state index contributed by atoms with van der Waals surface area (Å²) in [5.74, 6) is -1.33.